The molecule has 0 radical (unpaired) electrons. The van der Waals surface area contributed by atoms with E-state index in [4.69, 9.17) is 21.8 Å². The molecule has 1 aliphatic heterocycles. The minimum atomic E-state index is 0.720. The molecule has 0 saturated carbocycles. The molecular formula is C23H23ClN4S. The molecule has 1 fully saturated rings. The van der Waals surface area contributed by atoms with Crippen LogP contribution in [0.25, 0.3) is 0 Å². The molecular weight excluding hydrogens is 400 g/mol. The summed E-state index contributed by atoms with van der Waals surface area (Å²) in [5.74, 6) is 0. The smallest absolute Gasteiger partial charge is 0.0991 e. The van der Waals surface area contributed by atoms with Gasteiger partial charge in [-0.3, -0.25) is 9.80 Å². The predicted molar refractivity (Wildman–Crippen MR) is 118 cm³/mol. The highest BCUT2D eigenvalue weighted by Crippen LogP contribution is 2.18. The van der Waals surface area contributed by atoms with Crippen molar-refractivity contribution in [2.75, 3.05) is 26.2 Å². The molecule has 0 aliphatic carbocycles. The third-order valence-corrected chi connectivity index (χ3v) is 6.36. The quantitative estimate of drug-likeness (QED) is 0.583. The number of benzene rings is 2. The van der Waals surface area contributed by atoms with Gasteiger partial charge in [0.05, 0.1) is 22.3 Å². The standard InChI is InChI=1S/C23H23ClN4S/c24-21-7-5-18(6-8-21)13-23-26-22(17-29-23)16-28-11-9-27(10-12-28)15-20-3-1-19(14-25)2-4-20/h1-8,17H,9-13,15-16H2. The molecule has 0 atom stereocenters. The number of halogens is 1. The first-order valence-corrected chi connectivity index (χ1v) is 11.1. The van der Waals surface area contributed by atoms with Crippen LogP contribution in [-0.4, -0.2) is 41.0 Å². The second-order valence-corrected chi connectivity index (χ2v) is 8.78. The molecule has 4 rings (SSSR count). The fraction of sp³-hybridized carbons (Fsp3) is 0.304. The van der Waals surface area contributed by atoms with Crippen LogP contribution in [0, 0.1) is 11.3 Å². The van der Waals surface area contributed by atoms with Gasteiger partial charge < -0.3 is 0 Å². The number of thiazole rings is 1. The van der Waals surface area contributed by atoms with E-state index >= 15 is 0 Å². The first kappa shape index (κ1) is 20.1. The number of hydrogen-bond acceptors (Lipinski definition) is 5. The molecule has 0 N–H and O–H groups in total. The largest absolute Gasteiger partial charge is 0.297 e. The fourth-order valence-electron chi connectivity index (χ4n) is 3.56. The first-order valence-electron chi connectivity index (χ1n) is 9.79. The summed E-state index contributed by atoms with van der Waals surface area (Å²) in [5, 5.41) is 13.0. The van der Waals surface area contributed by atoms with Crippen molar-refractivity contribution in [3.8, 4) is 6.07 Å². The van der Waals surface area contributed by atoms with E-state index in [0.717, 1.165) is 61.3 Å². The summed E-state index contributed by atoms with van der Waals surface area (Å²) in [7, 11) is 0. The molecule has 0 spiro atoms. The number of rotatable bonds is 6. The van der Waals surface area contributed by atoms with Gasteiger partial charge in [0.25, 0.3) is 0 Å². The Hall–Kier alpha value is -2.23. The zero-order valence-corrected chi connectivity index (χ0v) is 17.8. The highest BCUT2D eigenvalue weighted by Gasteiger charge is 2.18. The Morgan fingerprint density at radius 3 is 2.17 bits per heavy atom. The maximum absolute atomic E-state index is 8.91. The van der Waals surface area contributed by atoms with Crippen molar-refractivity contribution in [2.24, 2.45) is 0 Å². The number of piperazine rings is 1. The summed E-state index contributed by atoms with van der Waals surface area (Å²) in [6, 6.07) is 18.1. The average Bonchev–Trinajstić information content (AvgIpc) is 3.18. The van der Waals surface area contributed by atoms with Crippen LogP contribution < -0.4 is 0 Å². The first-order chi connectivity index (χ1) is 14.2. The van der Waals surface area contributed by atoms with E-state index in [2.05, 4.69) is 45.5 Å². The maximum atomic E-state index is 8.91. The topological polar surface area (TPSA) is 43.2 Å². The maximum Gasteiger partial charge on any atom is 0.0991 e. The molecule has 1 saturated heterocycles. The summed E-state index contributed by atoms with van der Waals surface area (Å²) >= 11 is 7.70. The van der Waals surface area contributed by atoms with Gasteiger partial charge in [-0.25, -0.2) is 4.98 Å². The molecule has 2 aromatic carbocycles. The van der Waals surface area contributed by atoms with Crippen molar-refractivity contribution in [3.63, 3.8) is 0 Å². The second-order valence-electron chi connectivity index (χ2n) is 7.40. The van der Waals surface area contributed by atoms with Gasteiger partial charge in [-0.15, -0.1) is 11.3 Å². The monoisotopic (exact) mass is 422 g/mol. The highest BCUT2D eigenvalue weighted by molar-refractivity contribution is 7.09. The van der Waals surface area contributed by atoms with Crippen molar-refractivity contribution in [1.82, 2.24) is 14.8 Å². The highest BCUT2D eigenvalue weighted by atomic mass is 35.5. The van der Waals surface area contributed by atoms with Gasteiger partial charge in [-0.05, 0) is 35.4 Å². The van der Waals surface area contributed by atoms with Crippen molar-refractivity contribution >= 4 is 22.9 Å². The lowest BCUT2D eigenvalue weighted by atomic mass is 10.1. The summed E-state index contributed by atoms with van der Waals surface area (Å²) < 4.78 is 0. The Bertz CT molecular complexity index is 967. The lowest BCUT2D eigenvalue weighted by Crippen LogP contribution is -2.45. The summed E-state index contributed by atoms with van der Waals surface area (Å²) in [4.78, 5) is 9.79. The molecule has 148 valence electrons. The van der Waals surface area contributed by atoms with Gasteiger partial charge in [-0.1, -0.05) is 35.9 Å². The van der Waals surface area contributed by atoms with Crippen LogP contribution in [0.2, 0.25) is 5.02 Å². The van der Waals surface area contributed by atoms with E-state index in [-0.39, 0.29) is 0 Å². The minimum Gasteiger partial charge on any atom is -0.297 e. The summed E-state index contributed by atoms with van der Waals surface area (Å²) in [6.45, 7) is 6.09. The van der Waals surface area contributed by atoms with Crippen LogP contribution in [0.3, 0.4) is 0 Å². The van der Waals surface area contributed by atoms with Crippen LogP contribution in [0.15, 0.2) is 53.9 Å². The predicted octanol–water partition coefficient (Wildman–Crippen LogP) is 4.58. The number of nitrogens with zero attached hydrogens (tertiary/aromatic N) is 4. The molecule has 6 heteroatoms. The van der Waals surface area contributed by atoms with Crippen LogP contribution in [0.1, 0.15) is 27.4 Å². The Kier molecular flexibility index (Phi) is 6.58. The lowest BCUT2D eigenvalue weighted by Gasteiger charge is -2.34. The Labute approximate surface area is 181 Å². The Balaban J connectivity index is 1.25. The van der Waals surface area contributed by atoms with Crippen LogP contribution in [-0.2, 0) is 19.5 Å². The normalized spacial score (nSPS) is 15.3. The summed E-state index contributed by atoms with van der Waals surface area (Å²) in [6.07, 6.45) is 0.861. The van der Waals surface area contributed by atoms with Gasteiger partial charge in [0.2, 0.25) is 0 Å². The summed E-state index contributed by atoms with van der Waals surface area (Å²) in [5.41, 5.74) is 4.40. The van der Waals surface area contributed by atoms with E-state index in [1.165, 1.54) is 16.8 Å². The van der Waals surface area contributed by atoms with Crippen LogP contribution >= 0.6 is 22.9 Å². The van der Waals surface area contributed by atoms with Crippen LogP contribution in [0.4, 0.5) is 0 Å². The molecule has 3 aromatic rings. The van der Waals surface area contributed by atoms with Crippen molar-refractivity contribution in [1.29, 1.82) is 5.26 Å². The number of hydrogen-bond donors (Lipinski definition) is 0. The van der Waals surface area contributed by atoms with Gasteiger partial charge in [0, 0.05) is 56.1 Å². The Morgan fingerprint density at radius 2 is 1.52 bits per heavy atom. The number of aromatic nitrogens is 1. The van der Waals surface area contributed by atoms with Crippen molar-refractivity contribution in [2.45, 2.75) is 19.5 Å². The zero-order valence-electron chi connectivity index (χ0n) is 16.2. The van der Waals surface area contributed by atoms with E-state index in [9.17, 15) is 0 Å². The minimum absolute atomic E-state index is 0.720. The third kappa shape index (κ3) is 5.65. The molecule has 2 heterocycles. The molecule has 1 aliphatic rings. The second kappa shape index (κ2) is 9.51. The molecule has 0 bridgehead atoms. The molecule has 29 heavy (non-hydrogen) atoms. The third-order valence-electron chi connectivity index (χ3n) is 5.21. The molecule has 4 nitrogen and oxygen atoms in total. The SMILES string of the molecule is N#Cc1ccc(CN2CCN(Cc3csc(Cc4ccc(Cl)cc4)n3)CC2)cc1. The average molecular weight is 423 g/mol. The van der Waals surface area contributed by atoms with Gasteiger partial charge >= 0.3 is 0 Å². The lowest BCUT2D eigenvalue weighted by molar-refractivity contribution is 0.121. The van der Waals surface area contributed by atoms with Gasteiger partial charge in [-0.2, -0.15) is 5.26 Å². The van der Waals surface area contributed by atoms with Crippen molar-refractivity contribution in [3.05, 3.63) is 86.3 Å². The van der Waals surface area contributed by atoms with E-state index in [1.54, 1.807) is 11.3 Å². The Morgan fingerprint density at radius 1 is 0.897 bits per heavy atom. The van der Waals surface area contributed by atoms with Crippen LogP contribution in [0.5, 0.6) is 0 Å². The van der Waals surface area contributed by atoms with Gasteiger partial charge in [0.1, 0.15) is 0 Å². The zero-order chi connectivity index (χ0) is 20.1. The number of nitriles is 1. The molecule has 1 aromatic heterocycles. The van der Waals surface area contributed by atoms with E-state index in [0.29, 0.717) is 0 Å². The fourth-order valence-corrected chi connectivity index (χ4v) is 4.50. The molecule has 0 amide bonds. The molecule has 0 unspecified atom stereocenters. The van der Waals surface area contributed by atoms with Gasteiger partial charge in [0.15, 0.2) is 0 Å². The van der Waals surface area contributed by atoms with E-state index in [1.807, 2.05) is 24.3 Å². The van der Waals surface area contributed by atoms with Crippen molar-refractivity contribution < 1.29 is 0 Å². The van der Waals surface area contributed by atoms with E-state index < -0.39 is 0 Å².